The summed E-state index contributed by atoms with van der Waals surface area (Å²) in [5.41, 5.74) is 1.28. The molecule has 0 radical (unpaired) electrons. The molecule has 1 rings (SSSR count). The minimum absolute atomic E-state index is 0.274. The van der Waals surface area contributed by atoms with Gasteiger partial charge < -0.3 is 14.8 Å². The molecule has 0 saturated carbocycles. The lowest BCUT2D eigenvalue weighted by molar-refractivity contribution is 0.0613. The van der Waals surface area contributed by atoms with E-state index in [0.29, 0.717) is 6.04 Å². The van der Waals surface area contributed by atoms with Crippen LogP contribution >= 0.6 is 0 Å². The van der Waals surface area contributed by atoms with Crippen LogP contribution in [0.2, 0.25) is 0 Å². The maximum atomic E-state index is 5.74. The number of hydrogen-bond donors (Lipinski definition) is 1. The Labute approximate surface area is 117 Å². The van der Waals surface area contributed by atoms with Crippen molar-refractivity contribution in [2.45, 2.75) is 45.8 Å². The zero-order chi connectivity index (χ0) is 14.1. The van der Waals surface area contributed by atoms with Crippen molar-refractivity contribution in [1.82, 2.24) is 5.32 Å². The van der Waals surface area contributed by atoms with E-state index in [1.165, 1.54) is 5.56 Å². The van der Waals surface area contributed by atoms with E-state index in [1.807, 2.05) is 12.1 Å². The first-order valence-electron chi connectivity index (χ1n) is 7.13. The molecule has 19 heavy (non-hydrogen) atoms. The Morgan fingerprint density at radius 2 is 2.05 bits per heavy atom. The molecule has 3 heteroatoms. The summed E-state index contributed by atoms with van der Waals surface area (Å²) in [4.78, 5) is 0. The van der Waals surface area contributed by atoms with Crippen molar-refractivity contribution in [1.29, 1.82) is 0 Å². The van der Waals surface area contributed by atoms with Gasteiger partial charge in [-0.3, -0.25) is 0 Å². The molecule has 1 N–H and O–H groups in total. The number of rotatable bonds is 9. The van der Waals surface area contributed by atoms with Crippen LogP contribution in [0.5, 0.6) is 5.75 Å². The molecule has 0 fully saturated rings. The first kappa shape index (κ1) is 16.0. The Kier molecular flexibility index (Phi) is 7.53. The topological polar surface area (TPSA) is 30.5 Å². The Hall–Kier alpha value is -1.06. The van der Waals surface area contributed by atoms with E-state index < -0.39 is 0 Å². The molecule has 0 aliphatic heterocycles. The fourth-order valence-electron chi connectivity index (χ4n) is 1.93. The normalized spacial score (nSPS) is 12.7. The lowest BCUT2D eigenvalue weighted by atomic mass is 10.1. The second kappa shape index (κ2) is 8.94. The Bertz CT molecular complexity index is 352. The summed E-state index contributed by atoms with van der Waals surface area (Å²) >= 11 is 0. The van der Waals surface area contributed by atoms with Crippen LogP contribution in [0.25, 0.3) is 0 Å². The fraction of sp³-hybridized carbons (Fsp3) is 0.625. The zero-order valence-corrected chi connectivity index (χ0v) is 12.6. The summed E-state index contributed by atoms with van der Waals surface area (Å²) in [6.45, 7) is 8.09. The largest absolute Gasteiger partial charge is 0.497 e. The minimum Gasteiger partial charge on any atom is -0.497 e. The van der Waals surface area contributed by atoms with Crippen molar-refractivity contribution >= 4 is 0 Å². The van der Waals surface area contributed by atoms with Crippen LogP contribution in [-0.2, 0) is 11.2 Å². The lowest BCUT2D eigenvalue weighted by Crippen LogP contribution is -2.36. The van der Waals surface area contributed by atoms with Gasteiger partial charge in [0.2, 0.25) is 0 Å². The van der Waals surface area contributed by atoms with E-state index in [2.05, 4.69) is 38.2 Å². The first-order valence-corrected chi connectivity index (χ1v) is 7.13. The van der Waals surface area contributed by atoms with Crippen LogP contribution in [0.4, 0.5) is 0 Å². The fourth-order valence-corrected chi connectivity index (χ4v) is 1.93. The number of methoxy groups -OCH3 is 1. The highest BCUT2D eigenvalue weighted by atomic mass is 16.5. The summed E-state index contributed by atoms with van der Waals surface area (Å²) in [5.74, 6) is 0.913. The van der Waals surface area contributed by atoms with Crippen LogP contribution in [0.1, 0.15) is 32.8 Å². The Balaban J connectivity index is 2.58. The Morgan fingerprint density at radius 1 is 1.26 bits per heavy atom. The van der Waals surface area contributed by atoms with Gasteiger partial charge in [0.15, 0.2) is 0 Å². The quantitative estimate of drug-likeness (QED) is 0.744. The SMILES string of the molecule is CCCNC(COC(C)C)Cc1cccc(OC)c1. The summed E-state index contributed by atoms with van der Waals surface area (Å²) in [5, 5.41) is 3.54. The van der Waals surface area contributed by atoms with Crippen molar-refractivity contribution in [3.8, 4) is 5.75 Å². The van der Waals surface area contributed by atoms with Crippen LogP contribution in [-0.4, -0.2) is 32.4 Å². The van der Waals surface area contributed by atoms with E-state index in [1.54, 1.807) is 7.11 Å². The molecule has 1 aromatic rings. The number of hydrogen-bond acceptors (Lipinski definition) is 3. The molecule has 0 heterocycles. The molecule has 0 aliphatic carbocycles. The molecule has 0 saturated heterocycles. The highest BCUT2D eigenvalue weighted by molar-refractivity contribution is 5.28. The molecule has 0 amide bonds. The standard InChI is InChI=1S/C16H27NO2/c1-5-9-17-15(12-19-13(2)3)10-14-7-6-8-16(11-14)18-4/h6-8,11,13,15,17H,5,9-10,12H2,1-4H3. The van der Waals surface area contributed by atoms with Crippen LogP contribution in [0.15, 0.2) is 24.3 Å². The second-order valence-corrected chi connectivity index (χ2v) is 5.09. The molecule has 0 aromatic heterocycles. The molecule has 0 spiro atoms. The van der Waals surface area contributed by atoms with Gasteiger partial charge in [0, 0.05) is 6.04 Å². The average Bonchev–Trinajstić information content (AvgIpc) is 2.42. The number of benzene rings is 1. The third-order valence-electron chi connectivity index (χ3n) is 2.93. The highest BCUT2D eigenvalue weighted by Crippen LogP contribution is 2.14. The third-order valence-corrected chi connectivity index (χ3v) is 2.93. The molecule has 0 aliphatic rings. The van der Waals surface area contributed by atoms with E-state index in [-0.39, 0.29) is 6.10 Å². The van der Waals surface area contributed by atoms with E-state index in [4.69, 9.17) is 9.47 Å². The van der Waals surface area contributed by atoms with Crippen LogP contribution in [0, 0.1) is 0 Å². The van der Waals surface area contributed by atoms with Crippen LogP contribution < -0.4 is 10.1 Å². The molecule has 1 atom stereocenters. The predicted molar refractivity (Wildman–Crippen MR) is 79.9 cm³/mol. The summed E-state index contributed by atoms with van der Waals surface area (Å²) in [7, 11) is 1.70. The highest BCUT2D eigenvalue weighted by Gasteiger charge is 2.10. The number of ether oxygens (including phenoxy) is 2. The zero-order valence-electron chi connectivity index (χ0n) is 12.6. The third kappa shape index (κ3) is 6.60. The number of nitrogens with one attached hydrogen (secondary N) is 1. The molecule has 0 bridgehead atoms. The van der Waals surface area contributed by atoms with E-state index >= 15 is 0 Å². The van der Waals surface area contributed by atoms with Gasteiger partial charge in [0.25, 0.3) is 0 Å². The average molecular weight is 265 g/mol. The van der Waals surface area contributed by atoms with Gasteiger partial charge in [-0.2, -0.15) is 0 Å². The van der Waals surface area contributed by atoms with Gasteiger partial charge in [-0.05, 0) is 50.9 Å². The minimum atomic E-state index is 0.274. The molecule has 108 valence electrons. The smallest absolute Gasteiger partial charge is 0.119 e. The molecular weight excluding hydrogens is 238 g/mol. The molecule has 1 aromatic carbocycles. The van der Waals surface area contributed by atoms with E-state index in [9.17, 15) is 0 Å². The van der Waals surface area contributed by atoms with Gasteiger partial charge in [-0.1, -0.05) is 19.1 Å². The van der Waals surface area contributed by atoms with Crippen molar-refractivity contribution in [2.24, 2.45) is 0 Å². The lowest BCUT2D eigenvalue weighted by Gasteiger charge is -2.20. The molecule has 1 unspecified atom stereocenters. The monoisotopic (exact) mass is 265 g/mol. The summed E-state index contributed by atoms with van der Waals surface area (Å²) in [6.07, 6.45) is 2.37. The van der Waals surface area contributed by atoms with Gasteiger partial charge in [0.1, 0.15) is 5.75 Å². The van der Waals surface area contributed by atoms with Gasteiger partial charge in [-0.15, -0.1) is 0 Å². The molecular formula is C16H27NO2. The summed E-state index contributed by atoms with van der Waals surface area (Å²) in [6, 6.07) is 8.60. The van der Waals surface area contributed by atoms with Crippen LogP contribution in [0.3, 0.4) is 0 Å². The van der Waals surface area contributed by atoms with Gasteiger partial charge in [-0.25, -0.2) is 0 Å². The van der Waals surface area contributed by atoms with Crippen molar-refractivity contribution < 1.29 is 9.47 Å². The van der Waals surface area contributed by atoms with E-state index in [0.717, 1.165) is 31.7 Å². The van der Waals surface area contributed by atoms with Crippen molar-refractivity contribution in [3.05, 3.63) is 29.8 Å². The summed E-state index contributed by atoms with van der Waals surface area (Å²) < 4.78 is 11.0. The molecule has 3 nitrogen and oxygen atoms in total. The van der Waals surface area contributed by atoms with Crippen molar-refractivity contribution in [3.63, 3.8) is 0 Å². The first-order chi connectivity index (χ1) is 9.15. The predicted octanol–water partition coefficient (Wildman–Crippen LogP) is 3.03. The van der Waals surface area contributed by atoms with Gasteiger partial charge >= 0.3 is 0 Å². The van der Waals surface area contributed by atoms with Crippen molar-refractivity contribution in [2.75, 3.05) is 20.3 Å². The maximum Gasteiger partial charge on any atom is 0.119 e. The maximum absolute atomic E-state index is 5.74. The second-order valence-electron chi connectivity index (χ2n) is 5.09. The Morgan fingerprint density at radius 3 is 2.68 bits per heavy atom. The van der Waals surface area contributed by atoms with Gasteiger partial charge in [0.05, 0.1) is 19.8 Å².